The van der Waals surface area contributed by atoms with E-state index in [1.165, 1.54) is 30.2 Å². The van der Waals surface area contributed by atoms with Gasteiger partial charge in [0.2, 0.25) is 5.91 Å². The summed E-state index contributed by atoms with van der Waals surface area (Å²) in [7, 11) is 2.93. The van der Waals surface area contributed by atoms with E-state index in [1.807, 2.05) is 42.7 Å². The van der Waals surface area contributed by atoms with Crippen molar-refractivity contribution in [3.05, 3.63) is 40.8 Å². The van der Waals surface area contributed by atoms with Crippen LogP contribution < -0.4 is 10.1 Å². The maximum absolute atomic E-state index is 12.5. The molecule has 0 radical (unpaired) electrons. The van der Waals surface area contributed by atoms with Gasteiger partial charge in [0.15, 0.2) is 11.0 Å². The number of carbonyl (C=O) groups is 2. The highest BCUT2D eigenvalue weighted by Crippen LogP contribution is 2.29. The first-order valence-corrected chi connectivity index (χ1v) is 11.0. The molecular weight excluding hydrogens is 424 g/mol. The number of hydrogen-bond acceptors (Lipinski definition) is 8. The first kappa shape index (κ1) is 21.8. The van der Waals surface area contributed by atoms with Gasteiger partial charge in [0.1, 0.15) is 10.8 Å². The van der Waals surface area contributed by atoms with E-state index in [2.05, 4.69) is 15.5 Å². The van der Waals surface area contributed by atoms with Crippen molar-refractivity contribution in [3.8, 4) is 17.1 Å². The van der Waals surface area contributed by atoms with Gasteiger partial charge in [-0.2, -0.15) is 0 Å². The Morgan fingerprint density at radius 1 is 1.20 bits per heavy atom. The van der Waals surface area contributed by atoms with E-state index >= 15 is 0 Å². The smallest absolute Gasteiger partial charge is 0.340 e. The van der Waals surface area contributed by atoms with Gasteiger partial charge in [-0.15, -0.1) is 21.5 Å². The number of benzene rings is 1. The second kappa shape index (κ2) is 9.77. The Balaban J connectivity index is 1.69. The van der Waals surface area contributed by atoms with Crippen LogP contribution in [0.2, 0.25) is 0 Å². The van der Waals surface area contributed by atoms with Gasteiger partial charge in [-0.25, -0.2) is 4.79 Å². The first-order chi connectivity index (χ1) is 14.5. The molecule has 0 saturated carbocycles. The molecule has 0 bridgehead atoms. The number of aromatic nitrogens is 3. The molecule has 10 heteroatoms. The van der Waals surface area contributed by atoms with E-state index in [4.69, 9.17) is 9.47 Å². The van der Waals surface area contributed by atoms with Crippen molar-refractivity contribution in [2.24, 2.45) is 0 Å². The van der Waals surface area contributed by atoms with Crippen LogP contribution in [0.25, 0.3) is 11.4 Å². The summed E-state index contributed by atoms with van der Waals surface area (Å²) in [6.07, 6.45) is 0. The Labute approximate surface area is 182 Å². The highest BCUT2D eigenvalue weighted by atomic mass is 32.2. The standard InChI is InChI=1S/C20H22N4O4S2/c1-5-24-17(13-6-8-14(27-3)9-7-13)22-23-20(24)29-11-16(25)21-18-15(19(26)28-4)10-12(2)30-18/h6-10H,5,11H2,1-4H3,(H,21,25). The third kappa shape index (κ3) is 4.82. The Morgan fingerprint density at radius 3 is 2.57 bits per heavy atom. The number of carbonyl (C=O) groups excluding carboxylic acids is 2. The van der Waals surface area contributed by atoms with Gasteiger partial charge < -0.3 is 19.4 Å². The maximum Gasteiger partial charge on any atom is 0.340 e. The zero-order chi connectivity index (χ0) is 21.7. The van der Waals surface area contributed by atoms with Gasteiger partial charge >= 0.3 is 5.97 Å². The molecule has 3 rings (SSSR count). The number of anilines is 1. The maximum atomic E-state index is 12.5. The first-order valence-electron chi connectivity index (χ1n) is 9.15. The molecule has 0 fully saturated rings. The molecule has 0 aliphatic rings. The van der Waals surface area contributed by atoms with E-state index in [1.54, 1.807) is 13.2 Å². The number of methoxy groups -OCH3 is 2. The molecule has 8 nitrogen and oxygen atoms in total. The number of nitrogens with one attached hydrogen (secondary N) is 1. The van der Waals surface area contributed by atoms with Gasteiger partial charge in [0, 0.05) is 17.0 Å². The van der Waals surface area contributed by atoms with E-state index in [-0.39, 0.29) is 11.7 Å². The van der Waals surface area contributed by atoms with Crippen LogP contribution in [0.15, 0.2) is 35.5 Å². The summed E-state index contributed by atoms with van der Waals surface area (Å²) < 4.78 is 11.9. The van der Waals surface area contributed by atoms with Crippen molar-refractivity contribution in [2.45, 2.75) is 25.5 Å². The summed E-state index contributed by atoms with van der Waals surface area (Å²) in [5.74, 6) is 0.923. The van der Waals surface area contributed by atoms with Crippen LogP contribution in [-0.2, 0) is 16.1 Å². The fraction of sp³-hybridized carbons (Fsp3) is 0.300. The topological polar surface area (TPSA) is 95.3 Å². The van der Waals surface area contributed by atoms with E-state index < -0.39 is 5.97 Å². The molecule has 0 aliphatic heterocycles. The molecule has 30 heavy (non-hydrogen) atoms. The highest BCUT2D eigenvalue weighted by Gasteiger charge is 2.19. The van der Waals surface area contributed by atoms with Gasteiger partial charge in [0.05, 0.1) is 25.5 Å². The van der Waals surface area contributed by atoms with Crippen LogP contribution in [0.5, 0.6) is 5.75 Å². The molecule has 2 heterocycles. The molecular formula is C20H22N4O4S2. The minimum absolute atomic E-state index is 0.137. The van der Waals surface area contributed by atoms with Gasteiger partial charge in [-0.1, -0.05) is 11.8 Å². The average molecular weight is 447 g/mol. The predicted molar refractivity (Wildman–Crippen MR) is 117 cm³/mol. The van der Waals surface area contributed by atoms with Crippen LogP contribution in [0, 0.1) is 6.92 Å². The second-order valence-electron chi connectivity index (χ2n) is 6.21. The lowest BCUT2D eigenvalue weighted by molar-refractivity contribution is -0.113. The Morgan fingerprint density at radius 2 is 1.93 bits per heavy atom. The van der Waals surface area contributed by atoms with Crippen molar-refractivity contribution in [3.63, 3.8) is 0 Å². The molecule has 2 aromatic heterocycles. The van der Waals surface area contributed by atoms with Crippen LogP contribution in [0.3, 0.4) is 0 Å². The molecule has 1 aromatic carbocycles. The molecule has 158 valence electrons. The summed E-state index contributed by atoms with van der Waals surface area (Å²) in [4.78, 5) is 25.2. The minimum Gasteiger partial charge on any atom is -0.497 e. The molecule has 1 N–H and O–H groups in total. The lowest BCUT2D eigenvalue weighted by Crippen LogP contribution is -2.16. The third-order valence-corrected chi connectivity index (χ3v) is 6.16. The predicted octanol–water partition coefficient (Wildman–Crippen LogP) is 3.86. The van der Waals surface area contributed by atoms with Gasteiger partial charge in [-0.05, 0) is 44.2 Å². The lowest BCUT2D eigenvalue weighted by Gasteiger charge is -2.08. The largest absolute Gasteiger partial charge is 0.497 e. The number of amides is 1. The zero-order valence-corrected chi connectivity index (χ0v) is 18.7. The lowest BCUT2D eigenvalue weighted by atomic mass is 10.2. The average Bonchev–Trinajstić information content (AvgIpc) is 3.34. The third-order valence-electron chi connectivity index (χ3n) is 4.23. The number of esters is 1. The zero-order valence-electron chi connectivity index (χ0n) is 17.1. The number of thioether (sulfide) groups is 1. The van der Waals surface area contributed by atoms with E-state index in [0.717, 1.165) is 22.0 Å². The normalized spacial score (nSPS) is 10.7. The monoisotopic (exact) mass is 446 g/mol. The van der Waals surface area contributed by atoms with Gasteiger partial charge in [-0.3, -0.25) is 4.79 Å². The van der Waals surface area contributed by atoms with Gasteiger partial charge in [0.25, 0.3) is 0 Å². The summed E-state index contributed by atoms with van der Waals surface area (Å²) in [6.45, 7) is 4.53. The number of ether oxygens (including phenoxy) is 2. The molecule has 3 aromatic rings. The number of nitrogens with zero attached hydrogens (tertiary/aromatic N) is 3. The molecule has 1 amide bonds. The highest BCUT2D eigenvalue weighted by molar-refractivity contribution is 7.99. The van der Waals surface area contributed by atoms with Crippen LogP contribution >= 0.6 is 23.1 Å². The van der Waals surface area contributed by atoms with Crippen LogP contribution in [0.1, 0.15) is 22.2 Å². The Hall–Kier alpha value is -2.85. The fourth-order valence-electron chi connectivity index (χ4n) is 2.80. The number of hydrogen-bond donors (Lipinski definition) is 1. The Kier molecular flexibility index (Phi) is 7.11. The molecule has 0 atom stereocenters. The molecule has 0 aliphatic carbocycles. The quantitative estimate of drug-likeness (QED) is 0.415. The van der Waals surface area contributed by atoms with Crippen molar-refractivity contribution >= 4 is 40.0 Å². The van der Waals surface area contributed by atoms with E-state index in [9.17, 15) is 9.59 Å². The number of aryl methyl sites for hydroxylation is 1. The van der Waals surface area contributed by atoms with Crippen molar-refractivity contribution in [2.75, 3.05) is 25.3 Å². The number of thiophene rings is 1. The van der Waals surface area contributed by atoms with E-state index in [0.29, 0.717) is 22.3 Å². The number of rotatable bonds is 8. The molecule has 0 saturated heterocycles. The fourth-order valence-corrected chi connectivity index (χ4v) is 4.51. The second-order valence-corrected chi connectivity index (χ2v) is 8.41. The minimum atomic E-state index is -0.475. The van der Waals surface area contributed by atoms with Crippen molar-refractivity contribution in [1.29, 1.82) is 0 Å². The summed E-state index contributed by atoms with van der Waals surface area (Å²) in [5, 5.41) is 12.5. The Bertz CT molecular complexity index is 1040. The van der Waals surface area contributed by atoms with Crippen molar-refractivity contribution < 1.29 is 19.1 Å². The summed E-state index contributed by atoms with van der Waals surface area (Å²) in [5.41, 5.74) is 1.27. The van der Waals surface area contributed by atoms with Crippen molar-refractivity contribution in [1.82, 2.24) is 14.8 Å². The summed E-state index contributed by atoms with van der Waals surface area (Å²) >= 11 is 2.62. The molecule has 0 unspecified atom stereocenters. The molecule has 0 spiro atoms. The van der Waals surface area contributed by atoms with Crippen LogP contribution in [0.4, 0.5) is 5.00 Å². The van der Waals surface area contributed by atoms with Crippen LogP contribution in [-0.4, -0.2) is 46.6 Å². The SMILES string of the molecule is CCn1c(SCC(=O)Nc2sc(C)cc2C(=O)OC)nnc1-c1ccc(OC)cc1. The summed E-state index contributed by atoms with van der Waals surface area (Å²) in [6, 6.07) is 9.28.